The molecule has 0 radical (unpaired) electrons. The fraction of sp³-hybridized carbons (Fsp3) is 0.0769. The summed E-state index contributed by atoms with van der Waals surface area (Å²) in [5.74, 6) is 0. The fourth-order valence-electron chi connectivity index (χ4n) is 3.95. The van der Waals surface area contributed by atoms with E-state index in [2.05, 4.69) is 97.5 Å². The Labute approximate surface area is 176 Å². The predicted octanol–water partition coefficient (Wildman–Crippen LogP) is 5.39. The van der Waals surface area contributed by atoms with E-state index in [9.17, 15) is 5.26 Å². The van der Waals surface area contributed by atoms with Crippen LogP contribution in [0.15, 0.2) is 79.0 Å². The molecule has 0 aliphatic carbocycles. The third-order valence-electron chi connectivity index (χ3n) is 5.49. The Balaban J connectivity index is 1.81. The first-order chi connectivity index (χ1) is 14.2. The normalized spacial score (nSPS) is 11.1. The Kier molecular flexibility index (Phi) is 4.32. The molecule has 3 aromatic carbocycles. The Morgan fingerprint density at radius 3 is 2.45 bits per heavy atom. The second-order valence-corrected chi connectivity index (χ2v) is 9.54. The molecule has 0 saturated carbocycles. The Bertz CT molecular complexity index is 1420. The van der Waals surface area contributed by atoms with E-state index >= 15 is 0 Å². The van der Waals surface area contributed by atoms with Gasteiger partial charge in [0.2, 0.25) is 0 Å². The molecule has 0 saturated heterocycles. The van der Waals surface area contributed by atoms with Gasteiger partial charge >= 0.3 is 176 Å². The molecule has 29 heavy (non-hydrogen) atoms. The molecule has 2 heterocycles. The van der Waals surface area contributed by atoms with Crippen LogP contribution in [0.4, 0.5) is 0 Å². The third-order valence-corrected chi connectivity index (χ3v) is 7.98. The monoisotopic (exact) mass is 439 g/mol. The molecule has 0 amide bonds. The number of rotatable bonds is 2. The van der Waals surface area contributed by atoms with E-state index in [-0.39, 0.29) is 14.5 Å². The Hall–Kier alpha value is -3.18. The van der Waals surface area contributed by atoms with E-state index in [4.69, 9.17) is 0 Å². The molecule has 2 nitrogen and oxygen atoms in total. The van der Waals surface area contributed by atoms with Crippen molar-refractivity contribution in [3.05, 3.63) is 90.1 Å². The summed E-state index contributed by atoms with van der Waals surface area (Å²) in [4.78, 5) is 0. The van der Waals surface area contributed by atoms with E-state index in [1.807, 2.05) is 6.07 Å². The van der Waals surface area contributed by atoms with Crippen LogP contribution in [-0.2, 0) is 7.05 Å². The molecule has 138 valence electrons. The molecule has 0 N–H and O–H groups in total. The van der Waals surface area contributed by atoms with Crippen molar-refractivity contribution in [2.75, 3.05) is 0 Å². The number of fused-ring (bicyclic) bond motifs is 3. The van der Waals surface area contributed by atoms with Crippen LogP contribution >= 0.6 is 0 Å². The average molecular weight is 438 g/mol. The van der Waals surface area contributed by atoms with E-state index in [1.54, 1.807) is 0 Å². The van der Waals surface area contributed by atoms with Gasteiger partial charge in [0.15, 0.2) is 0 Å². The molecule has 0 aliphatic heterocycles. The summed E-state index contributed by atoms with van der Waals surface area (Å²) >= 11 is 0.189. The molecule has 5 aromatic rings. The molecule has 0 aliphatic rings. The fourth-order valence-corrected chi connectivity index (χ4v) is 6.79. The first-order valence-electron chi connectivity index (χ1n) is 9.57. The second-order valence-electron chi connectivity index (χ2n) is 7.34. The number of benzene rings is 3. The van der Waals surface area contributed by atoms with Crippen molar-refractivity contribution in [1.82, 2.24) is 0 Å². The van der Waals surface area contributed by atoms with Crippen LogP contribution in [0.1, 0.15) is 11.1 Å². The molecule has 0 bridgehead atoms. The summed E-state index contributed by atoms with van der Waals surface area (Å²) in [5, 5.41) is 11.9. The Morgan fingerprint density at radius 2 is 1.66 bits per heavy atom. The molecular weight excluding hydrogens is 419 g/mol. The summed E-state index contributed by atoms with van der Waals surface area (Å²) < 4.78 is 4.94. The summed E-state index contributed by atoms with van der Waals surface area (Å²) in [6.45, 7) is 2.20. The number of hydrogen-bond acceptors (Lipinski definition) is 1. The van der Waals surface area contributed by atoms with Gasteiger partial charge in [0.05, 0.1) is 0 Å². The zero-order valence-electron chi connectivity index (χ0n) is 16.3. The van der Waals surface area contributed by atoms with Gasteiger partial charge in [-0.05, 0) is 0 Å². The van der Waals surface area contributed by atoms with E-state index in [0.717, 1.165) is 5.56 Å². The standard InChI is InChI=1S/C26H19N2Se/c1-17-8-10-22-21-11-9-18(16-27)14-24(21)29-26(22)25(17)23-15-20(12-13-28(23)2)19-6-4-3-5-7-19/h3-15H,1-2H3/q+1. The minimum absolute atomic E-state index is 0.189. The van der Waals surface area contributed by atoms with Crippen LogP contribution in [0.2, 0.25) is 0 Å². The number of pyridine rings is 1. The Morgan fingerprint density at radius 1 is 0.862 bits per heavy atom. The molecule has 0 atom stereocenters. The van der Waals surface area contributed by atoms with Gasteiger partial charge in [-0.2, -0.15) is 0 Å². The second kappa shape index (κ2) is 7.01. The van der Waals surface area contributed by atoms with Crippen molar-refractivity contribution in [3.63, 3.8) is 0 Å². The molecular formula is C26H19N2Se+. The average Bonchev–Trinajstić information content (AvgIpc) is 3.12. The zero-order valence-corrected chi connectivity index (χ0v) is 18.0. The number of aryl methyl sites for hydroxylation is 2. The van der Waals surface area contributed by atoms with Crippen LogP contribution in [0, 0.1) is 18.3 Å². The summed E-state index contributed by atoms with van der Waals surface area (Å²) in [6, 6.07) is 27.9. The van der Waals surface area contributed by atoms with E-state index in [1.165, 1.54) is 47.2 Å². The van der Waals surface area contributed by atoms with Crippen molar-refractivity contribution in [2.45, 2.75) is 6.92 Å². The molecule has 0 unspecified atom stereocenters. The summed E-state index contributed by atoms with van der Waals surface area (Å²) in [6.07, 6.45) is 2.15. The van der Waals surface area contributed by atoms with Gasteiger partial charge in [0, 0.05) is 0 Å². The summed E-state index contributed by atoms with van der Waals surface area (Å²) in [7, 11) is 2.12. The number of hydrogen-bond donors (Lipinski definition) is 0. The van der Waals surface area contributed by atoms with E-state index in [0.29, 0.717) is 0 Å². The van der Waals surface area contributed by atoms with Gasteiger partial charge in [-0.15, -0.1) is 0 Å². The van der Waals surface area contributed by atoms with Crippen LogP contribution in [0.3, 0.4) is 0 Å². The number of nitrogens with zero attached hydrogens (tertiary/aromatic N) is 2. The molecule has 3 heteroatoms. The number of aromatic nitrogens is 1. The molecule has 2 aromatic heterocycles. The molecule has 0 fully saturated rings. The van der Waals surface area contributed by atoms with Crippen molar-refractivity contribution < 1.29 is 4.57 Å². The molecule has 0 spiro atoms. The van der Waals surface area contributed by atoms with Crippen molar-refractivity contribution >= 4 is 33.8 Å². The SMILES string of the molecule is Cc1ccc2c([se]c3cc(C#N)ccc32)c1-c1cc(-c2ccccc2)cc[n+]1C. The third kappa shape index (κ3) is 2.98. The minimum atomic E-state index is 0.189. The van der Waals surface area contributed by atoms with Gasteiger partial charge in [-0.3, -0.25) is 0 Å². The van der Waals surface area contributed by atoms with Crippen molar-refractivity contribution in [3.8, 4) is 28.5 Å². The maximum absolute atomic E-state index is 9.29. The molecule has 5 rings (SSSR count). The quantitative estimate of drug-likeness (QED) is 0.268. The first-order valence-corrected chi connectivity index (χ1v) is 11.3. The van der Waals surface area contributed by atoms with Crippen LogP contribution in [0.25, 0.3) is 41.7 Å². The number of nitriles is 1. The van der Waals surface area contributed by atoms with Gasteiger partial charge < -0.3 is 0 Å². The van der Waals surface area contributed by atoms with Gasteiger partial charge in [-0.1, -0.05) is 0 Å². The zero-order chi connectivity index (χ0) is 20.0. The van der Waals surface area contributed by atoms with E-state index < -0.39 is 0 Å². The van der Waals surface area contributed by atoms with Crippen LogP contribution < -0.4 is 4.57 Å². The van der Waals surface area contributed by atoms with Crippen LogP contribution in [-0.4, -0.2) is 14.5 Å². The van der Waals surface area contributed by atoms with Crippen molar-refractivity contribution in [2.24, 2.45) is 7.05 Å². The summed E-state index contributed by atoms with van der Waals surface area (Å²) in [5.41, 5.74) is 7.05. The van der Waals surface area contributed by atoms with Crippen LogP contribution in [0.5, 0.6) is 0 Å². The first kappa shape index (κ1) is 17.9. The van der Waals surface area contributed by atoms with Gasteiger partial charge in [0.25, 0.3) is 0 Å². The maximum atomic E-state index is 9.29. The van der Waals surface area contributed by atoms with Gasteiger partial charge in [-0.25, -0.2) is 0 Å². The topological polar surface area (TPSA) is 27.7 Å². The van der Waals surface area contributed by atoms with Crippen molar-refractivity contribution in [1.29, 1.82) is 5.26 Å². The predicted molar refractivity (Wildman–Crippen MR) is 120 cm³/mol. The van der Waals surface area contributed by atoms with Gasteiger partial charge in [0.1, 0.15) is 0 Å².